The van der Waals surface area contributed by atoms with Crippen LogP contribution in [0.15, 0.2) is 205 Å². The van der Waals surface area contributed by atoms with E-state index in [1.165, 1.54) is 47.6 Å². The Bertz CT molecular complexity index is 3200. The fourth-order valence-corrected chi connectivity index (χ4v) is 9.34. The average Bonchev–Trinajstić information content (AvgIpc) is 3.83. The first-order valence-electron chi connectivity index (χ1n) is 18.7. The van der Waals surface area contributed by atoms with Gasteiger partial charge in [0.2, 0.25) is 0 Å². The Hall–Kier alpha value is -6.94. The highest BCUT2D eigenvalue weighted by atomic mass is 32.1. The number of thiophene rings is 1. The highest BCUT2D eigenvalue weighted by Gasteiger charge is 2.21. The molecule has 11 aromatic rings. The van der Waals surface area contributed by atoms with Crippen molar-refractivity contribution in [3.8, 4) is 33.4 Å². The van der Waals surface area contributed by atoms with Gasteiger partial charge in [-0.2, -0.15) is 0 Å². The number of rotatable bonds is 6. The third-order valence-electron chi connectivity index (χ3n) is 10.9. The van der Waals surface area contributed by atoms with Gasteiger partial charge in [0, 0.05) is 47.9 Å². The molecule has 2 heterocycles. The second-order valence-electron chi connectivity index (χ2n) is 14.1. The van der Waals surface area contributed by atoms with Gasteiger partial charge in [0.25, 0.3) is 0 Å². The maximum Gasteiger partial charge on any atom is 0.159 e. The summed E-state index contributed by atoms with van der Waals surface area (Å²) in [6, 6.07) is 72.1. The van der Waals surface area contributed by atoms with Gasteiger partial charge >= 0.3 is 0 Å². The van der Waals surface area contributed by atoms with Gasteiger partial charge < -0.3 is 9.32 Å². The fraction of sp³-hybridized carbons (Fsp3) is 0. The highest BCUT2D eigenvalue weighted by molar-refractivity contribution is 7.25. The van der Waals surface area contributed by atoms with Crippen LogP contribution in [0.4, 0.5) is 17.1 Å². The number of fused-ring (bicyclic) bond motifs is 7. The monoisotopic (exact) mass is 719 g/mol. The Morgan fingerprint density at radius 1 is 0.345 bits per heavy atom. The predicted molar refractivity (Wildman–Crippen MR) is 235 cm³/mol. The molecule has 3 heteroatoms. The highest BCUT2D eigenvalue weighted by Crippen LogP contribution is 2.45. The summed E-state index contributed by atoms with van der Waals surface area (Å²) < 4.78 is 9.62. The Labute approximate surface area is 322 Å². The normalized spacial score (nSPS) is 11.6. The Morgan fingerprint density at radius 3 is 1.87 bits per heavy atom. The molecule has 0 radical (unpaired) electrons. The van der Waals surface area contributed by atoms with Gasteiger partial charge in [-0.05, 0) is 87.1 Å². The zero-order valence-corrected chi connectivity index (χ0v) is 30.6. The van der Waals surface area contributed by atoms with E-state index >= 15 is 0 Å². The van der Waals surface area contributed by atoms with E-state index in [1.807, 2.05) is 11.3 Å². The van der Waals surface area contributed by atoms with Gasteiger partial charge in [-0.25, -0.2) is 0 Å². The third kappa shape index (κ3) is 5.32. The molecule has 0 N–H and O–H groups in total. The summed E-state index contributed by atoms with van der Waals surface area (Å²) in [6.07, 6.45) is 0. The molecule has 0 saturated heterocycles. The van der Waals surface area contributed by atoms with E-state index < -0.39 is 0 Å². The van der Waals surface area contributed by atoms with Gasteiger partial charge in [0.1, 0.15) is 5.58 Å². The number of nitrogens with zero attached hydrogens (tertiary/aromatic N) is 1. The lowest BCUT2D eigenvalue weighted by atomic mass is 9.97. The molecule has 9 aromatic carbocycles. The van der Waals surface area contributed by atoms with E-state index in [2.05, 4.69) is 205 Å². The molecule has 0 unspecified atom stereocenters. The first-order chi connectivity index (χ1) is 27.3. The van der Waals surface area contributed by atoms with Crippen molar-refractivity contribution in [3.63, 3.8) is 0 Å². The van der Waals surface area contributed by atoms with Crippen molar-refractivity contribution in [2.24, 2.45) is 0 Å². The lowest BCUT2D eigenvalue weighted by Gasteiger charge is -2.26. The molecule has 258 valence electrons. The lowest BCUT2D eigenvalue weighted by Crippen LogP contribution is -2.10. The minimum absolute atomic E-state index is 0.857. The maximum absolute atomic E-state index is 6.99. The molecule has 2 nitrogen and oxygen atoms in total. The molecule has 0 saturated carbocycles. The zero-order chi connectivity index (χ0) is 36.3. The van der Waals surface area contributed by atoms with Crippen LogP contribution >= 0.6 is 11.3 Å². The summed E-state index contributed by atoms with van der Waals surface area (Å²) >= 11 is 1.85. The van der Waals surface area contributed by atoms with Crippen LogP contribution in [0.5, 0.6) is 0 Å². The van der Waals surface area contributed by atoms with Crippen LogP contribution in [0.3, 0.4) is 0 Å². The van der Waals surface area contributed by atoms with Gasteiger partial charge in [-0.1, -0.05) is 152 Å². The first kappa shape index (κ1) is 31.6. The molecular weight excluding hydrogens is 687 g/mol. The van der Waals surface area contributed by atoms with Crippen LogP contribution in [0.1, 0.15) is 0 Å². The molecule has 0 bridgehead atoms. The largest absolute Gasteiger partial charge is 0.453 e. The second kappa shape index (κ2) is 12.9. The van der Waals surface area contributed by atoms with Crippen molar-refractivity contribution in [3.05, 3.63) is 200 Å². The summed E-state index contributed by atoms with van der Waals surface area (Å²) in [5, 5.41) is 7.28. The van der Waals surface area contributed by atoms with E-state index in [-0.39, 0.29) is 0 Å². The number of furan rings is 1. The SMILES string of the molecule is c1ccc(-c2cccc3c2oc2c(N(c4ccc(-c5ccc6sc7ccccc7c6c5)cc4)c4cccc(-c5cccc6ccccc56)c4)cccc23)cc1. The molecule has 0 atom stereocenters. The fourth-order valence-electron chi connectivity index (χ4n) is 8.25. The van der Waals surface area contributed by atoms with Gasteiger partial charge in [-0.15, -0.1) is 11.3 Å². The zero-order valence-electron chi connectivity index (χ0n) is 29.8. The van der Waals surface area contributed by atoms with E-state index in [0.29, 0.717) is 0 Å². The average molecular weight is 720 g/mol. The van der Waals surface area contributed by atoms with Crippen molar-refractivity contribution in [2.45, 2.75) is 0 Å². The van der Waals surface area contributed by atoms with Crippen LogP contribution in [-0.4, -0.2) is 0 Å². The van der Waals surface area contributed by atoms with Crippen LogP contribution in [0.2, 0.25) is 0 Å². The molecule has 0 aliphatic carbocycles. The summed E-state index contributed by atoms with van der Waals surface area (Å²) in [5.74, 6) is 0. The van der Waals surface area contributed by atoms with E-state index in [4.69, 9.17) is 4.42 Å². The van der Waals surface area contributed by atoms with Gasteiger partial charge in [-0.3, -0.25) is 0 Å². The van der Waals surface area contributed by atoms with Crippen molar-refractivity contribution < 1.29 is 4.42 Å². The molecule has 0 fully saturated rings. The maximum atomic E-state index is 6.99. The van der Waals surface area contributed by atoms with Gasteiger partial charge in [0.05, 0.1) is 5.69 Å². The van der Waals surface area contributed by atoms with Crippen molar-refractivity contribution >= 4 is 81.3 Å². The summed E-state index contributed by atoms with van der Waals surface area (Å²) in [4.78, 5) is 2.35. The topological polar surface area (TPSA) is 16.4 Å². The third-order valence-corrected chi connectivity index (χ3v) is 12.0. The molecule has 2 aromatic heterocycles. The molecule has 55 heavy (non-hydrogen) atoms. The minimum atomic E-state index is 0.857. The summed E-state index contributed by atoms with van der Waals surface area (Å²) in [5.41, 5.74) is 11.8. The molecule has 0 aliphatic heterocycles. The number of para-hydroxylation sites is 2. The number of hydrogen-bond acceptors (Lipinski definition) is 3. The lowest BCUT2D eigenvalue weighted by molar-refractivity contribution is 0.670. The standard InChI is InChI=1S/C52H33NOS/c1-2-12-36(13-3-1)43-21-10-22-45-46-23-11-24-48(52(46)54-51(43)45)53(40-17-8-16-38(32-40)42-20-9-15-35-14-4-5-18-41(35)42)39-29-26-34(27-30-39)37-28-31-50-47(33-37)44-19-6-7-25-49(44)55-50/h1-33H. The smallest absolute Gasteiger partial charge is 0.159 e. The Kier molecular flexibility index (Phi) is 7.39. The Balaban J connectivity index is 1.09. The molecule has 0 aliphatic rings. The molecule has 0 spiro atoms. The number of hydrogen-bond donors (Lipinski definition) is 0. The van der Waals surface area contributed by atoms with Crippen molar-refractivity contribution in [1.82, 2.24) is 0 Å². The van der Waals surface area contributed by atoms with E-state index in [1.54, 1.807) is 0 Å². The quantitative estimate of drug-likeness (QED) is 0.170. The number of anilines is 3. The van der Waals surface area contributed by atoms with E-state index in [9.17, 15) is 0 Å². The van der Waals surface area contributed by atoms with Crippen molar-refractivity contribution in [1.29, 1.82) is 0 Å². The Morgan fingerprint density at radius 2 is 0.982 bits per heavy atom. The van der Waals surface area contributed by atoms with Crippen molar-refractivity contribution in [2.75, 3.05) is 4.90 Å². The minimum Gasteiger partial charge on any atom is -0.453 e. The van der Waals surface area contributed by atoms with Crippen LogP contribution in [0, 0.1) is 0 Å². The molecule has 11 rings (SSSR count). The van der Waals surface area contributed by atoms with Gasteiger partial charge in [0.15, 0.2) is 5.58 Å². The summed E-state index contributed by atoms with van der Waals surface area (Å²) in [7, 11) is 0. The van der Waals surface area contributed by atoms with Crippen LogP contribution in [0.25, 0.3) is 86.3 Å². The van der Waals surface area contributed by atoms with E-state index in [0.717, 1.165) is 55.7 Å². The summed E-state index contributed by atoms with van der Waals surface area (Å²) in [6.45, 7) is 0. The second-order valence-corrected chi connectivity index (χ2v) is 15.2. The number of benzene rings is 9. The molecular formula is C52H33NOS. The first-order valence-corrected chi connectivity index (χ1v) is 19.5. The molecule has 0 amide bonds. The van der Waals surface area contributed by atoms with Crippen LogP contribution in [-0.2, 0) is 0 Å². The van der Waals surface area contributed by atoms with Crippen LogP contribution < -0.4 is 4.90 Å². The predicted octanol–water partition coefficient (Wildman–Crippen LogP) is 15.6.